The van der Waals surface area contributed by atoms with Gasteiger partial charge in [-0.3, -0.25) is 4.79 Å². The minimum absolute atomic E-state index is 0.0419. The first-order valence-corrected chi connectivity index (χ1v) is 5.54. The van der Waals surface area contributed by atoms with Crippen LogP contribution in [0.15, 0.2) is 12.1 Å². The molecule has 0 spiro atoms. The summed E-state index contributed by atoms with van der Waals surface area (Å²) in [5.74, 6) is 0.0419. The van der Waals surface area contributed by atoms with E-state index in [9.17, 15) is 9.90 Å². The third-order valence-corrected chi connectivity index (χ3v) is 3.04. The van der Waals surface area contributed by atoms with Crippen molar-refractivity contribution in [1.82, 2.24) is 4.90 Å². The average molecular weight is 219 g/mol. The van der Waals surface area contributed by atoms with Gasteiger partial charge in [0.05, 0.1) is 6.10 Å². The monoisotopic (exact) mass is 219 g/mol. The van der Waals surface area contributed by atoms with E-state index in [2.05, 4.69) is 0 Å². The summed E-state index contributed by atoms with van der Waals surface area (Å²) in [5.41, 5.74) is 4.00. The molecule has 2 rings (SSSR count). The fraction of sp³-hybridized carbons (Fsp3) is 0.462. The molecular weight excluding hydrogens is 202 g/mol. The number of aryl methyl sites for hydroxylation is 3. The van der Waals surface area contributed by atoms with Gasteiger partial charge in [0.1, 0.15) is 0 Å². The summed E-state index contributed by atoms with van der Waals surface area (Å²) in [4.78, 5) is 13.8. The molecule has 1 N–H and O–H groups in total. The van der Waals surface area contributed by atoms with E-state index >= 15 is 0 Å². The summed E-state index contributed by atoms with van der Waals surface area (Å²) in [6, 6.07) is 4.05. The first-order valence-electron chi connectivity index (χ1n) is 5.54. The van der Waals surface area contributed by atoms with Crippen molar-refractivity contribution in [3.8, 4) is 0 Å². The van der Waals surface area contributed by atoms with E-state index in [1.165, 1.54) is 5.56 Å². The minimum atomic E-state index is -0.338. The van der Waals surface area contributed by atoms with Crippen molar-refractivity contribution in [2.45, 2.75) is 26.9 Å². The van der Waals surface area contributed by atoms with Gasteiger partial charge in [0.25, 0.3) is 5.91 Å². The zero-order chi connectivity index (χ0) is 11.9. The summed E-state index contributed by atoms with van der Waals surface area (Å²) >= 11 is 0. The Bertz CT molecular complexity index is 411. The average Bonchev–Trinajstić information content (AvgIpc) is 2.10. The third-order valence-electron chi connectivity index (χ3n) is 3.04. The molecule has 1 heterocycles. The number of carbonyl (C=O) groups excluding carboxylic acids is 1. The smallest absolute Gasteiger partial charge is 0.254 e. The normalized spacial score (nSPS) is 16.1. The Labute approximate surface area is 95.7 Å². The van der Waals surface area contributed by atoms with Crippen LogP contribution in [-0.2, 0) is 0 Å². The zero-order valence-corrected chi connectivity index (χ0v) is 9.95. The summed E-state index contributed by atoms with van der Waals surface area (Å²) in [5, 5.41) is 9.20. The van der Waals surface area contributed by atoms with Crippen LogP contribution in [0.25, 0.3) is 0 Å². The largest absolute Gasteiger partial charge is 0.389 e. The van der Waals surface area contributed by atoms with Crippen LogP contribution in [0.3, 0.4) is 0 Å². The molecule has 3 heteroatoms. The van der Waals surface area contributed by atoms with Gasteiger partial charge in [-0.05, 0) is 31.9 Å². The van der Waals surface area contributed by atoms with E-state index < -0.39 is 0 Å². The van der Waals surface area contributed by atoms with E-state index in [1.54, 1.807) is 4.90 Å². The SMILES string of the molecule is Cc1cc(C)c(C(=O)N2CC(O)C2)c(C)c1. The Morgan fingerprint density at radius 3 is 2.19 bits per heavy atom. The van der Waals surface area contributed by atoms with Crippen LogP contribution in [0, 0.1) is 20.8 Å². The lowest BCUT2D eigenvalue weighted by Gasteiger charge is -2.36. The second-order valence-electron chi connectivity index (χ2n) is 4.64. The fourth-order valence-electron chi connectivity index (χ4n) is 2.30. The maximum Gasteiger partial charge on any atom is 0.254 e. The highest BCUT2D eigenvalue weighted by Crippen LogP contribution is 2.21. The number of likely N-dealkylation sites (tertiary alicyclic amines) is 1. The number of nitrogens with zero attached hydrogens (tertiary/aromatic N) is 1. The molecule has 1 saturated heterocycles. The van der Waals surface area contributed by atoms with Crippen molar-refractivity contribution >= 4 is 5.91 Å². The molecule has 1 amide bonds. The highest BCUT2D eigenvalue weighted by molar-refractivity contribution is 5.97. The first-order chi connectivity index (χ1) is 7.49. The van der Waals surface area contributed by atoms with Crippen molar-refractivity contribution in [1.29, 1.82) is 0 Å². The van der Waals surface area contributed by atoms with Crippen LogP contribution in [0.4, 0.5) is 0 Å². The zero-order valence-electron chi connectivity index (χ0n) is 9.95. The van der Waals surface area contributed by atoms with Crippen LogP contribution in [0.1, 0.15) is 27.0 Å². The van der Waals surface area contributed by atoms with Crippen molar-refractivity contribution in [2.75, 3.05) is 13.1 Å². The molecule has 1 aliphatic rings. The van der Waals surface area contributed by atoms with Gasteiger partial charge in [0.15, 0.2) is 0 Å². The van der Waals surface area contributed by atoms with E-state index in [-0.39, 0.29) is 12.0 Å². The maximum absolute atomic E-state index is 12.1. The molecular formula is C13H17NO2. The Morgan fingerprint density at radius 1 is 1.25 bits per heavy atom. The van der Waals surface area contributed by atoms with Gasteiger partial charge in [0, 0.05) is 18.7 Å². The summed E-state index contributed by atoms with van der Waals surface area (Å²) in [7, 11) is 0. The number of hydrogen-bond acceptors (Lipinski definition) is 2. The Balaban J connectivity index is 2.30. The van der Waals surface area contributed by atoms with Gasteiger partial charge in [-0.1, -0.05) is 17.7 Å². The van der Waals surface area contributed by atoms with Crippen molar-refractivity contribution < 1.29 is 9.90 Å². The molecule has 1 aromatic carbocycles. The summed E-state index contributed by atoms with van der Waals surface area (Å²) in [6.07, 6.45) is -0.338. The lowest BCUT2D eigenvalue weighted by atomic mass is 9.97. The van der Waals surface area contributed by atoms with Crippen molar-refractivity contribution in [3.63, 3.8) is 0 Å². The lowest BCUT2D eigenvalue weighted by molar-refractivity contribution is 0.00579. The molecule has 1 fully saturated rings. The Kier molecular flexibility index (Phi) is 2.72. The second-order valence-corrected chi connectivity index (χ2v) is 4.64. The predicted molar refractivity (Wildman–Crippen MR) is 62.6 cm³/mol. The van der Waals surface area contributed by atoms with E-state index in [4.69, 9.17) is 0 Å². The molecule has 86 valence electrons. The van der Waals surface area contributed by atoms with Crippen LogP contribution in [-0.4, -0.2) is 35.1 Å². The van der Waals surface area contributed by atoms with Crippen LogP contribution in [0.5, 0.6) is 0 Å². The molecule has 0 unspecified atom stereocenters. The van der Waals surface area contributed by atoms with Crippen LogP contribution in [0.2, 0.25) is 0 Å². The topological polar surface area (TPSA) is 40.5 Å². The fourth-order valence-corrected chi connectivity index (χ4v) is 2.30. The first kappa shape index (κ1) is 11.1. The number of amides is 1. The van der Waals surface area contributed by atoms with Gasteiger partial charge in [-0.25, -0.2) is 0 Å². The quantitative estimate of drug-likeness (QED) is 0.776. The number of aliphatic hydroxyl groups excluding tert-OH is 1. The van der Waals surface area contributed by atoms with Gasteiger partial charge in [-0.2, -0.15) is 0 Å². The molecule has 1 aliphatic heterocycles. The highest BCUT2D eigenvalue weighted by atomic mass is 16.3. The molecule has 3 nitrogen and oxygen atoms in total. The molecule has 16 heavy (non-hydrogen) atoms. The summed E-state index contributed by atoms with van der Waals surface area (Å²) in [6.45, 7) is 6.88. The molecule has 1 aromatic rings. The molecule has 0 saturated carbocycles. The molecule has 0 aliphatic carbocycles. The van der Waals surface area contributed by atoms with Gasteiger partial charge >= 0.3 is 0 Å². The summed E-state index contributed by atoms with van der Waals surface area (Å²) < 4.78 is 0. The number of hydrogen-bond donors (Lipinski definition) is 1. The predicted octanol–water partition coefficient (Wildman–Crippen LogP) is 1.43. The third kappa shape index (κ3) is 1.83. The van der Waals surface area contributed by atoms with E-state index in [0.717, 1.165) is 16.7 Å². The highest BCUT2D eigenvalue weighted by Gasteiger charge is 2.30. The van der Waals surface area contributed by atoms with E-state index in [1.807, 2.05) is 32.9 Å². The number of β-amino-alcohol motifs (C(OH)–C–C–N with tert-alkyl or cyclic N) is 1. The van der Waals surface area contributed by atoms with Gasteiger partial charge in [0.2, 0.25) is 0 Å². The van der Waals surface area contributed by atoms with Crippen molar-refractivity contribution in [2.24, 2.45) is 0 Å². The lowest BCUT2D eigenvalue weighted by Crippen LogP contribution is -2.53. The van der Waals surface area contributed by atoms with Crippen LogP contribution < -0.4 is 0 Å². The number of rotatable bonds is 1. The van der Waals surface area contributed by atoms with Gasteiger partial charge < -0.3 is 10.0 Å². The molecule has 0 atom stereocenters. The second kappa shape index (κ2) is 3.91. The molecule has 0 bridgehead atoms. The number of carbonyl (C=O) groups is 1. The number of aliphatic hydroxyl groups is 1. The Morgan fingerprint density at radius 2 is 1.75 bits per heavy atom. The van der Waals surface area contributed by atoms with Gasteiger partial charge in [-0.15, -0.1) is 0 Å². The molecule has 0 aromatic heterocycles. The number of benzene rings is 1. The standard InChI is InChI=1S/C13H17NO2/c1-8-4-9(2)12(10(3)5-8)13(16)14-6-11(15)7-14/h4-5,11,15H,6-7H2,1-3H3. The molecule has 0 radical (unpaired) electrons. The Hall–Kier alpha value is -1.35. The maximum atomic E-state index is 12.1. The van der Waals surface area contributed by atoms with Crippen LogP contribution >= 0.6 is 0 Å². The van der Waals surface area contributed by atoms with E-state index in [0.29, 0.717) is 13.1 Å². The van der Waals surface area contributed by atoms with Crippen molar-refractivity contribution in [3.05, 3.63) is 34.4 Å². The minimum Gasteiger partial charge on any atom is -0.389 e.